The van der Waals surface area contributed by atoms with Crippen molar-refractivity contribution in [2.45, 2.75) is 0 Å². The van der Waals surface area contributed by atoms with Gasteiger partial charge >= 0.3 is 18.0 Å². The Hall–Kier alpha value is -7.57. The highest BCUT2D eigenvalue weighted by molar-refractivity contribution is 5.42. The van der Waals surface area contributed by atoms with Crippen molar-refractivity contribution < 1.29 is 29.0 Å². The van der Waals surface area contributed by atoms with Crippen LogP contribution in [0.25, 0.3) is 17.1 Å². The third kappa shape index (κ3) is 8.17. The van der Waals surface area contributed by atoms with Crippen molar-refractivity contribution in [3.05, 3.63) is 103 Å². The Labute approximate surface area is 289 Å². The van der Waals surface area contributed by atoms with Gasteiger partial charge in [0, 0.05) is 56.0 Å². The molecule has 3 heterocycles. The van der Waals surface area contributed by atoms with E-state index >= 15 is 0 Å². The molecule has 0 fully saturated rings. The highest BCUT2D eigenvalue weighted by Gasteiger charge is 2.17. The van der Waals surface area contributed by atoms with Crippen molar-refractivity contribution in [2.75, 3.05) is 39.5 Å². The van der Waals surface area contributed by atoms with Gasteiger partial charge in [-0.25, -0.2) is 0 Å². The molecule has 0 unspecified atom stereocenters. The van der Waals surface area contributed by atoms with E-state index in [0.29, 0.717) is 36.7 Å². The Kier molecular flexibility index (Phi) is 10.4. The third-order valence-corrected chi connectivity index (χ3v) is 7.15. The molecule has 0 radical (unpaired) electrons. The van der Waals surface area contributed by atoms with Crippen molar-refractivity contribution >= 4 is 17.1 Å². The minimum Gasteiger partial charge on any atom is -0.461 e. The average Bonchev–Trinajstić information content (AvgIpc) is 3.93. The first-order valence-electron chi connectivity index (χ1n) is 15.0. The molecule has 3 aromatic heterocycles. The number of benzene rings is 3. The predicted octanol–water partition coefficient (Wildman–Crippen LogP) is 1.18. The quantitative estimate of drug-likeness (QED) is 0.0890. The summed E-state index contributed by atoms with van der Waals surface area (Å²) in [5.41, 5.74) is 1.05. The summed E-state index contributed by atoms with van der Waals surface area (Å²) < 4.78 is 21.4. The number of non-ortho nitro benzene ring substituents is 3. The normalized spacial score (nSPS) is 11.0. The molecule has 266 valence electrons. The van der Waals surface area contributed by atoms with Crippen LogP contribution in [0.3, 0.4) is 0 Å². The Balaban J connectivity index is 1.10. The molecule has 0 aliphatic rings. The molecule has 0 spiro atoms. The van der Waals surface area contributed by atoms with Gasteiger partial charge in [0.1, 0.15) is 19.8 Å². The number of nitrogens with zero attached hydrogens (tertiary/aromatic N) is 16. The van der Waals surface area contributed by atoms with Gasteiger partial charge in [0.05, 0.1) is 31.8 Å². The summed E-state index contributed by atoms with van der Waals surface area (Å²) in [6, 6.07) is 16.9. The number of rotatable bonds is 18. The molecular weight excluding hydrogens is 692 g/mol. The second-order valence-electron chi connectivity index (χ2n) is 10.3. The molecule has 0 bridgehead atoms. The van der Waals surface area contributed by atoms with Crippen molar-refractivity contribution in [1.82, 2.24) is 65.5 Å². The summed E-state index contributed by atoms with van der Waals surface area (Å²) in [6.07, 6.45) is 0. The maximum atomic E-state index is 11.0. The van der Waals surface area contributed by atoms with E-state index in [1.165, 1.54) is 86.8 Å². The van der Waals surface area contributed by atoms with Crippen LogP contribution in [0, 0.1) is 30.3 Å². The molecule has 0 N–H and O–H groups in total. The summed E-state index contributed by atoms with van der Waals surface area (Å²) in [5, 5.41) is 67.4. The van der Waals surface area contributed by atoms with Crippen LogP contribution in [-0.4, -0.2) is 120 Å². The minimum atomic E-state index is -0.519. The van der Waals surface area contributed by atoms with E-state index in [9.17, 15) is 30.3 Å². The number of hydrogen-bond donors (Lipinski definition) is 0. The fraction of sp³-hybridized carbons (Fsp3) is 0.222. The molecule has 0 saturated heterocycles. The van der Waals surface area contributed by atoms with E-state index in [1.54, 1.807) is 0 Å². The van der Waals surface area contributed by atoms with Gasteiger partial charge in [-0.15, -0.1) is 0 Å². The maximum Gasteiger partial charge on any atom is 0.340 e. The highest BCUT2D eigenvalue weighted by Crippen LogP contribution is 2.20. The van der Waals surface area contributed by atoms with Gasteiger partial charge in [-0.05, 0) is 67.7 Å². The smallest absolute Gasteiger partial charge is 0.340 e. The SMILES string of the molecule is O=[N+]([O-])c1ccc(-n2nnnc2OCCN(CCOc2nnnn2-c2ccc([N+](=O)[O-])cc2)CCOc2nnnn2-c2ccc([N+](=O)[O-])cc2)cc1. The zero-order valence-corrected chi connectivity index (χ0v) is 26.5. The molecule has 0 aliphatic carbocycles. The van der Waals surface area contributed by atoms with Gasteiger partial charge in [0.25, 0.3) is 17.1 Å². The second-order valence-corrected chi connectivity index (χ2v) is 10.3. The van der Waals surface area contributed by atoms with Gasteiger partial charge in [-0.2, -0.15) is 14.0 Å². The van der Waals surface area contributed by atoms with Crippen LogP contribution >= 0.6 is 0 Å². The van der Waals surface area contributed by atoms with Crippen LogP contribution in [0.15, 0.2) is 72.8 Å². The maximum absolute atomic E-state index is 11.0. The second kappa shape index (κ2) is 15.8. The molecule has 25 nitrogen and oxygen atoms in total. The number of nitro groups is 3. The fourth-order valence-corrected chi connectivity index (χ4v) is 4.57. The molecule has 3 aromatic carbocycles. The molecule has 6 aromatic rings. The van der Waals surface area contributed by atoms with Crippen LogP contribution in [0.5, 0.6) is 18.0 Å². The van der Waals surface area contributed by atoms with Crippen LogP contribution < -0.4 is 14.2 Å². The number of hydrogen-bond acceptors (Lipinski definition) is 19. The molecule has 6 rings (SSSR count). The van der Waals surface area contributed by atoms with Gasteiger partial charge in [0.15, 0.2) is 0 Å². The van der Waals surface area contributed by atoms with E-state index in [0.717, 1.165) is 0 Å². The highest BCUT2D eigenvalue weighted by atomic mass is 16.6. The first kappa shape index (κ1) is 34.3. The Morgan fingerprint density at radius 3 is 1.00 bits per heavy atom. The Morgan fingerprint density at radius 1 is 0.481 bits per heavy atom. The monoisotopic (exact) mass is 716 g/mol. The number of ether oxygens (including phenoxy) is 3. The molecule has 52 heavy (non-hydrogen) atoms. The number of tetrazole rings is 3. The van der Waals surface area contributed by atoms with E-state index in [-0.39, 0.29) is 54.9 Å². The lowest BCUT2D eigenvalue weighted by atomic mass is 10.3. The molecule has 0 saturated carbocycles. The summed E-state index contributed by atoms with van der Waals surface area (Å²) >= 11 is 0. The van der Waals surface area contributed by atoms with Crippen LogP contribution in [0.1, 0.15) is 0 Å². The third-order valence-electron chi connectivity index (χ3n) is 7.15. The van der Waals surface area contributed by atoms with Crippen molar-refractivity contribution in [1.29, 1.82) is 0 Å². The number of nitro benzene ring substituents is 3. The average molecular weight is 717 g/mol. The molecule has 0 aliphatic heterocycles. The van der Waals surface area contributed by atoms with E-state index in [4.69, 9.17) is 14.2 Å². The first-order chi connectivity index (χ1) is 25.3. The fourth-order valence-electron chi connectivity index (χ4n) is 4.57. The van der Waals surface area contributed by atoms with E-state index in [2.05, 4.69) is 46.6 Å². The predicted molar refractivity (Wildman–Crippen MR) is 170 cm³/mol. The van der Waals surface area contributed by atoms with Crippen LogP contribution in [-0.2, 0) is 0 Å². The largest absolute Gasteiger partial charge is 0.461 e. The van der Waals surface area contributed by atoms with Crippen LogP contribution in [0.4, 0.5) is 17.1 Å². The molecule has 25 heteroatoms. The summed E-state index contributed by atoms with van der Waals surface area (Å²) in [7, 11) is 0. The molecule has 0 atom stereocenters. The van der Waals surface area contributed by atoms with Crippen molar-refractivity contribution in [3.8, 4) is 35.1 Å². The summed E-state index contributed by atoms with van der Waals surface area (Å²) in [4.78, 5) is 33.4. The van der Waals surface area contributed by atoms with Crippen LogP contribution in [0.2, 0.25) is 0 Å². The van der Waals surface area contributed by atoms with Crippen molar-refractivity contribution in [2.24, 2.45) is 0 Å². The van der Waals surface area contributed by atoms with Crippen molar-refractivity contribution in [3.63, 3.8) is 0 Å². The van der Waals surface area contributed by atoms with Gasteiger partial charge < -0.3 is 14.2 Å². The minimum absolute atomic E-state index is 0.0471. The standard InChI is InChI=1S/C27H24N16O9/c44-41(45)22-7-1-19(2-8-22)38-25(28-31-34-38)50-16-13-37(14-17-51-26-29-32-35-39(26)20-3-9-23(10-4-20)42(46)47)15-18-52-27-30-33-36-40(27)21-5-11-24(12-6-21)43(48)49/h1-12H,13-18H2. The van der Waals surface area contributed by atoms with Gasteiger partial charge in [-0.1, -0.05) is 15.3 Å². The zero-order chi connectivity index (χ0) is 36.5. The Bertz CT molecular complexity index is 1890. The van der Waals surface area contributed by atoms with Gasteiger partial charge in [0.2, 0.25) is 0 Å². The lowest BCUT2D eigenvalue weighted by Crippen LogP contribution is -2.36. The Morgan fingerprint density at radius 2 is 0.750 bits per heavy atom. The summed E-state index contributed by atoms with van der Waals surface area (Å²) in [5.74, 6) is 0. The number of aromatic nitrogens is 12. The van der Waals surface area contributed by atoms with E-state index < -0.39 is 14.8 Å². The first-order valence-corrected chi connectivity index (χ1v) is 15.0. The lowest BCUT2D eigenvalue weighted by Gasteiger charge is -2.22. The van der Waals surface area contributed by atoms with E-state index in [1.807, 2.05) is 4.90 Å². The zero-order valence-electron chi connectivity index (χ0n) is 26.5. The topological polar surface area (TPSA) is 291 Å². The summed E-state index contributed by atoms with van der Waals surface area (Å²) in [6.45, 7) is 1.19. The molecular formula is C27H24N16O9. The lowest BCUT2D eigenvalue weighted by molar-refractivity contribution is -0.385. The molecule has 0 amide bonds. The van der Waals surface area contributed by atoms with Gasteiger partial charge in [-0.3, -0.25) is 35.2 Å².